The summed E-state index contributed by atoms with van der Waals surface area (Å²) >= 11 is 0. The van der Waals surface area contributed by atoms with Gasteiger partial charge in [0.05, 0.1) is 12.0 Å². The van der Waals surface area contributed by atoms with E-state index < -0.39 is 10.1 Å². The first-order valence-electron chi connectivity index (χ1n) is 3.35. The zero-order valence-corrected chi connectivity index (χ0v) is 8.10. The Kier molecular flexibility index (Phi) is 4.55. The maximum atomic E-state index is 10.5. The fraction of sp³-hybridized carbons (Fsp3) is 0.143. The van der Waals surface area contributed by atoms with Gasteiger partial charge < -0.3 is 4.74 Å². The van der Waals surface area contributed by atoms with Gasteiger partial charge in [0, 0.05) is 10.8 Å². The van der Waals surface area contributed by atoms with E-state index >= 15 is 0 Å². The lowest BCUT2D eigenvalue weighted by molar-refractivity contribution is 0.414. The molecule has 1 rings (SSSR count). The van der Waals surface area contributed by atoms with Crippen LogP contribution in [0.25, 0.3) is 0 Å². The van der Waals surface area contributed by atoms with Crippen LogP contribution in [0.3, 0.4) is 0 Å². The summed E-state index contributed by atoms with van der Waals surface area (Å²) in [6.07, 6.45) is 0. The molecule has 0 aliphatic rings. The molecule has 0 saturated heterocycles. The topological polar surface area (TPSA) is 111 Å². The summed E-state index contributed by atoms with van der Waals surface area (Å²) in [6.45, 7) is 0. The van der Waals surface area contributed by atoms with Gasteiger partial charge in [0.25, 0.3) is 10.1 Å². The lowest BCUT2D eigenvalue weighted by Crippen LogP contribution is -1.97. The number of rotatable bonds is 2. The van der Waals surface area contributed by atoms with Crippen LogP contribution in [0.1, 0.15) is 0 Å². The Bertz CT molecular complexity index is 395. The van der Waals surface area contributed by atoms with Crippen LogP contribution in [0.4, 0.5) is 0 Å². The third-order valence-electron chi connectivity index (χ3n) is 1.36. The molecular weight excluding hydrogens is 208 g/mol. The summed E-state index contributed by atoms with van der Waals surface area (Å²) in [7, 11) is -2.61. The highest BCUT2D eigenvalue weighted by atomic mass is 32.2. The van der Waals surface area contributed by atoms with E-state index in [1.54, 1.807) is 0 Å². The van der Waals surface area contributed by atoms with Crippen LogP contribution in [0.2, 0.25) is 0 Å². The SMILES string of the molecule is COc1ccc(S(=O)(=O)O)cc1.N#N. The highest BCUT2D eigenvalue weighted by Gasteiger charge is 2.07. The molecule has 14 heavy (non-hydrogen) atoms. The average molecular weight is 216 g/mol. The summed E-state index contributed by atoms with van der Waals surface area (Å²) in [6, 6.07) is 5.47. The summed E-state index contributed by atoms with van der Waals surface area (Å²) in [5.41, 5.74) is 0. The summed E-state index contributed by atoms with van der Waals surface area (Å²) < 4.78 is 34.5. The van der Waals surface area contributed by atoms with Gasteiger partial charge in [-0.05, 0) is 24.3 Å². The van der Waals surface area contributed by atoms with Crippen molar-refractivity contribution >= 4 is 10.1 Å². The van der Waals surface area contributed by atoms with Gasteiger partial charge in [0.15, 0.2) is 0 Å². The van der Waals surface area contributed by atoms with Crippen molar-refractivity contribution < 1.29 is 17.7 Å². The minimum atomic E-state index is -4.08. The molecule has 1 N–H and O–H groups in total. The molecule has 0 heterocycles. The molecule has 0 fully saturated rings. The fourth-order valence-corrected chi connectivity index (χ4v) is 1.23. The molecule has 0 spiro atoms. The van der Waals surface area contributed by atoms with Crippen LogP contribution >= 0.6 is 0 Å². The van der Waals surface area contributed by atoms with Crippen molar-refractivity contribution in [3.63, 3.8) is 0 Å². The first-order valence-corrected chi connectivity index (χ1v) is 4.79. The molecular formula is C7H8N2O4S. The van der Waals surface area contributed by atoms with Crippen molar-refractivity contribution in [2.45, 2.75) is 4.90 Å². The lowest BCUT2D eigenvalue weighted by atomic mass is 10.3. The van der Waals surface area contributed by atoms with Crippen molar-refractivity contribution in [3.8, 4) is 5.75 Å². The van der Waals surface area contributed by atoms with Crippen molar-refractivity contribution in [2.75, 3.05) is 7.11 Å². The highest BCUT2D eigenvalue weighted by molar-refractivity contribution is 7.85. The third kappa shape index (κ3) is 3.38. The molecule has 0 amide bonds. The van der Waals surface area contributed by atoms with E-state index in [0.29, 0.717) is 5.75 Å². The normalized spacial score (nSPS) is 9.71. The van der Waals surface area contributed by atoms with Gasteiger partial charge in [-0.25, -0.2) is 0 Å². The zero-order chi connectivity index (χ0) is 11.2. The number of hydrogen-bond donors (Lipinski definition) is 1. The third-order valence-corrected chi connectivity index (χ3v) is 2.23. The van der Waals surface area contributed by atoms with Crippen LogP contribution in [0.15, 0.2) is 29.2 Å². The minimum Gasteiger partial charge on any atom is -0.497 e. The number of nitrogens with zero attached hydrogens (tertiary/aromatic N) is 2. The van der Waals surface area contributed by atoms with Crippen LogP contribution in [-0.2, 0) is 10.1 Å². The number of hydrogen-bond acceptors (Lipinski definition) is 5. The van der Waals surface area contributed by atoms with Crippen molar-refractivity contribution in [1.29, 1.82) is 10.8 Å². The Balaban J connectivity index is 0.000000791. The average Bonchev–Trinajstić information content (AvgIpc) is 2.20. The number of methoxy groups -OCH3 is 1. The van der Waals surface area contributed by atoms with Crippen molar-refractivity contribution in [3.05, 3.63) is 24.3 Å². The van der Waals surface area contributed by atoms with E-state index in [2.05, 4.69) is 0 Å². The van der Waals surface area contributed by atoms with Crippen LogP contribution in [0, 0.1) is 10.8 Å². The summed E-state index contributed by atoms with van der Waals surface area (Å²) in [5.74, 6) is 0.544. The number of ether oxygens (including phenoxy) is 1. The van der Waals surface area contributed by atoms with Gasteiger partial charge in [0.2, 0.25) is 0 Å². The Morgan fingerprint density at radius 1 is 1.21 bits per heavy atom. The van der Waals surface area contributed by atoms with Gasteiger partial charge in [-0.1, -0.05) is 0 Å². The Morgan fingerprint density at radius 2 is 1.64 bits per heavy atom. The monoisotopic (exact) mass is 216 g/mol. The molecule has 6 nitrogen and oxygen atoms in total. The Labute approximate surface area is 81.3 Å². The molecule has 0 radical (unpaired) electrons. The largest absolute Gasteiger partial charge is 0.497 e. The first kappa shape index (κ1) is 12.3. The second-order valence-corrected chi connectivity index (χ2v) is 3.57. The molecule has 0 aliphatic carbocycles. The second-order valence-electron chi connectivity index (χ2n) is 2.15. The summed E-state index contributed by atoms with van der Waals surface area (Å²) in [4.78, 5) is -0.136. The predicted molar refractivity (Wildman–Crippen MR) is 46.3 cm³/mol. The van der Waals surface area contributed by atoms with Crippen molar-refractivity contribution in [2.24, 2.45) is 0 Å². The standard InChI is InChI=1S/C7H8O4S.N2/c1-11-6-2-4-7(5-3-6)12(8,9)10;1-2/h2-5H,1H3,(H,8,9,10);. The molecule has 0 aromatic heterocycles. The lowest BCUT2D eigenvalue weighted by Gasteiger charge is -1.99. The van der Waals surface area contributed by atoms with E-state index in [0.717, 1.165) is 0 Å². The molecule has 1 aromatic carbocycles. The molecule has 7 heteroatoms. The van der Waals surface area contributed by atoms with E-state index in [1.165, 1.54) is 31.4 Å². The van der Waals surface area contributed by atoms with Crippen LogP contribution in [0.5, 0.6) is 5.75 Å². The van der Waals surface area contributed by atoms with E-state index in [-0.39, 0.29) is 4.90 Å². The zero-order valence-electron chi connectivity index (χ0n) is 7.28. The van der Waals surface area contributed by atoms with Gasteiger partial charge in [-0.2, -0.15) is 8.42 Å². The maximum Gasteiger partial charge on any atom is 0.294 e. The smallest absolute Gasteiger partial charge is 0.294 e. The molecule has 0 bridgehead atoms. The van der Waals surface area contributed by atoms with E-state index in [1.807, 2.05) is 0 Å². The van der Waals surface area contributed by atoms with Gasteiger partial charge in [-0.3, -0.25) is 4.55 Å². The van der Waals surface area contributed by atoms with Crippen LogP contribution in [-0.4, -0.2) is 20.1 Å². The quantitative estimate of drug-likeness (QED) is 0.582. The molecule has 1 aromatic rings. The predicted octanol–water partition coefficient (Wildman–Crippen LogP) is 0.972. The molecule has 0 unspecified atom stereocenters. The molecule has 0 saturated carbocycles. The molecule has 76 valence electrons. The first-order chi connectivity index (χ1) is 6.54. The van der Waals surface area contributed by atoms with Gasteiger partial charge in [-0.15, -0.1) is 0 Å². The van der Waals surface area contributed by atoms with E-state index in [9.17, 15) is 8.42 Å². The molecule has 0 atom stereocenters. The van der Waals surface area contributed by atoms with Crippen LogP contribution < -0.4 is 4.74 Å². The second kappa shape index (κ2) is 5.16. The highest BCUT2D eigenvalue weighted by Crippen LogP contribution is 2.14. The Hall–Kier alpha value is -1.65. The van der Waals surface area contributed by atoms with E-state index in [4.69, 9.17) is 20.1 Å². The van der Waals surface area contributed by atoms with Gasteiger partial charge in [0.1, 0.15) is 5.75 Å². The fourth-order valence-electron chi connectivity index (χ4n) is 0.748. The van der Waals surface area contributed by atoms with Gasteiger partial charge >= 0.3 is 0 Å². The molecule has 0 aliphatic heterocycles. The number of benzene rings is 1. The minimum absolute atomic E-state index is 0.136. The summed E-state index contributed by atoms with van der Waals surface area (Å²) in [5, 5.41) is 12.0. The Morgan fingerprint density at radius 3 is 1.93 bits per heavy atom. The maximum absolute atomic E-state index is 10.5. The van der Waals surface area contributed by atoms with Crippen molar-refractivity contribution in [1.82, 2.24) is 0 Å².